The molecule has 4 nitrogen and oxygen atoms in total. The fraction of sp³-hybridized carbons (Fsp3) is 0.300. The molecule has 0 radical (unpaired) electrons. The molecular weight excluding hydrogens is 176 g/mol. The minimum absolute atomic E-state index is 0.480. The average molecular weight is 188 g/mol. The molecule has 0 saturated carbocycles. The highest BCUT2D eigenvalue weighted by molar-refractivity contribution is 5.49. The van der Waals surface area contributed by atoms with Crippen LogP contribution in [0.5, 0.6) is 0 Å². The van der Waals surface area contributed by atoms with Gasteiger partial charge in [-0.05, 0) is 13.3 Å². The number of aromatic nitrogens is 2. The number of nitrogens with zero attached hydrogens (tertiary/aromatic N) is 3. The summed E-state index contributed by atoms with van der Waals surface area (Å²) in [5.74, 6) is 0.604. The van der Waals surface area contributed by atoms with Crippen LogP contribution in [0.4, 0.5) is 5.82 Å². The maximum atomic E-state index is 8.74. The smallest absolute Gasteiger partial charge is 0.147 e. The van der Waals surface area contributed by atoms with Gasteiger partial charge in [0.1, 0.15) is 23.8 Å². The summed E-state index contributed by atoms with van der Waals surface area (Å²) in [4.78, 5) is 7.75. The SMILES string of the molecule is C/C=C/CCNc1ncncc1C#N. The molecule has 0 aliphatic heterocycles. The first-order valence-corrected chi connectivity index (χ1v) is 4.43. The number of anilines is 1. The summed E-state index contributed by atoms with van der Waals surface area (Å²) in [6.45, 7) is 2.75. The van der Waals surface area contributed by atoms with E-state index < -0.39 is 0 Å². The molecule has 0 aliphatic rings. The highest BCUT2D eigenvalue weighted by Crippen LogP contribution is 2.07. The second kappa shape index (κ2) is 5.70. The van der Waals surface area contributed by atoms with E-state index in [9.17, 15) is 0 Å². The molecule has 0 amide bonds. The molecule has 0 fully saturated rings. The van der Waals surface area contributed by atoms with Crippen molar-refractivity contribution >= 4 is 5.82 Å². The maximum Gasteiger partial charge on any atom is 0.147 e. The van der Waals surface area contributed by atoms with Gasteiger partial charge in [-0.15, -0.1) is 0 Å². The Kier molecular flexibility index (Phi) is 4.15. The average Bonchev–Trinajstić information content (AvgIpc) is 2.25. The predicted molar refractivity (Wildman–Crippen MR) is 54.7 cm³/mol. The zero-order chi connectivity index (χ0) is 10.2. The van der Waals surface area contributed by atoms with Crippen LogP contribution >= 0.6 is 0 Å². The Morgan fingerprint density at radius 2 is 2.50 bits per heavy atom. The summed E-state index contributed by atoms with van der Waals surface area (Å²) in [5, 5.41) is 11.8. The van der Waals surface area contributed by atoms with E-state index in [-0.39, 0.29) is 0 Å². The molecule has 0 spiro atoms. The molecular formula is C10H12N4. The Labute approximate surface area is 83.3 Å². The number of nitrogens with one attached hydrogen (secondary N) is 1. The number of nitriles is 1. The van der Waals surface area contributed by atoms with Gasteiger partial charge >= 0.3 is 0 Å². The van der Waals surface area contributed by atoms with E-state index in [4.69, 9.17) is 5.26 Å². The Balaban J connectivity index is 2.54. The molecule has 0 atom stereocenters. The van der Waals surface area contributed by atoms with Gasteiger partial charge in [0, 0.05) is 6.54 Å². The summed E-state index contributed by atoms with van der Waals surface area (Å²) in [6.07, 6.45) is 7.91. The third kappa shape index (κ3) is 2.87. The molecule has 0 unspecified atom stereocenters. The summed E-state index contributed by atoms with van der Waals surface area (Å²) in [6, 6.07) is 2.03. The third-order valence-corrected chi connectivity index (χ3v) is 1.67. The summed E-state index contributed by atoms with van der Waals surface area (Å²) < 4.78 is 0. The summed E-state index contributed by atoms with van der Waals surface area (Å²) in [7, 11) is 0. The molecule has 1 aromatic heterocycles. The van der Waals surface area contributed by atoms with Gasteiger partial charge in [-0.2, -0.15) is 5.26 Å². The monoisotopic (exact) mass is 188 g/mol. The van der Waals surface area contributed by atoms with Crippen LogP contribution in [0.25, 0.3) is 0 Å². The molecule has 1 aromatic rings. The van der Waals surface area contributed by atoms with Crippen molar-refractivity contribution in [1.29, 1.82) is 5.26 Å². The maximum absolute atomic E-state index is 8.74. The quantitative estimate of drug-likeness (QED) is 0.577. The first kappa shape index (κ1) is 10.2. The van der Waals surface area contributed by atoms with Gasteiger partial charge < -0.3 is 5.32 Å². The highest BCUT2D eigenvalue weighted by atomic mass is 15.0. The van der Waals surface area contributed by atoms with E-state index in [0.29, 0.717) is 11.4 Å². The van der Waals surface area contributed by atoms with E-state index in [1.54, 1.807) is 0 Å². The second-order valence-corrected chi connectivity index (χ2v) is 2.68. The lowest BCUT2D eigenvalue weighted by Gasteiger charge is -2.03. The van der Waals surface area contributed by atoms with Gasteiger partial charge in [0.15, 0.2) is 0 Å². The molecule has 0 aliphatic carbocycles. The van der Waals surface area contributed by atoms with Crippen LogP contribution in [0.1, 0.15) is 18.9 Å². The van der Waals surface area contributed by atoms with E-state index in [2.05, 4.69) is 21.4 Å². The van der Waals surface area contributed by atoms with Gasteiger partial charge in [0.05, 0.1) is 6.20 Å². The molecule has 1 N–H and O–H groups in total. The molecule has 0 bridgehead atoms. The lowest BCUT2D eigenvalue weighted by molar-refractivity contribution is 1.03. The molecule has 14 heavy (non-hydrogen) atoms. The van der Waals surface area contributed by atoms with E-state index in [1.807, 2.05) is 19.1 Å². The number of rotatable bonds is 4. The van der Waals surface area contributed by atoms with Gasteiger partial charge in [-0.25, -0.2) is 9.97 Å². The zero-order valence-electron chi connectivity index (χ0n) is 8.07. The van der Waals surface area contributed by atoms with Crippen molar-refractivity contribution < 1.29 is 0 Å². The number of allylic oxidation sites excluding steroid dienone is 1. The van der Waals surface area contributed by atoms with Crippen molar-refractivity contribution in [2.24, 2.45) is 0 Å². The fourth-order valence-corrected chi connectivity index (χ4v) is 0.993. The Morgan fingerprint density at radius 3 is 3.21 bits per heavy atom. The van der Waals surface area contributed by atoms with Crippen molar-refractivity contribution in [1.82, 2.24) is 9.97 Å². The van der Waals surface area contributed by atoms with E-state index >= 15 is 0 Å². The van der Waals surface area contributed by atoms with E-state index in [1.165, 1.54) is 12.5 Å². The van der Waals surface area contributed by atoms with Gasteiger partial charge in [-0.3, -0.25) is 0 Å². The van der Waals surface area contributed by atoms with Crippen LogP contribution in [-0.2, 0) is 0 Å². The standard InChI is InChI=1S/C10H12N4/c1-2-3-4-5-13-10-9(6-11)7-12-8-14-10/h2-3,7-8H,4-5H2,1H3,(H,12,13,14)/b3-2+. The Morgan fingerprint density at radius 1 is 1.64 bits per heavy atom. The first-order valence-electron chi connectivity index (χ1n) is 4.43. The van der Waals surface area contributed by atoms with Crippen LogP contribution in [0.15, 0.2) is 24.7 Å². The van der Waals surface area contributed by atoms with Gasteiger partial charge in [0.2, 0.25) is 0 Å². The number of hydrogen-bond acceptors (Lipinski definition) is 4. The van der Waals surface area contributed by atoms with Gasteiger partial charge in [0.25, 0.3) is 0 Å². The third-order valence-electron chi connectivity index (χ3n) is 1.67. The van der Waals surface area contributed by atoms with Gasteiger partial charge in [-0.1, -0.05) is 12.2 Å². The van der Waals surface area contributed by atoms with Crippen molar-refractivity contribution in [2.45, 2.75) is 13.3 Å². The molecule has 1 rings (SSSR count). The summed E-state index contributed by atoms with van der Waals surface area (Å²) in [5.41, 5.74) is 0.480. The van der Waals surface area contributed by atoms with E-state index in [0.717, 1.165) is 13.0 Å². The van der Waals surface area contributed by atoms with Crippen molar-refractivity contribution in [3.63, 3.8) is 0 Å². The normalized spacial score (nSPS) is 10.0. The van der Waals surface area contributed by atoms with Crippen molar-refractivity contribution in [2.75, 3.05) is 11.9 Å². The topological polar surface area (TPSA) is 61.6 Å². The minimum atomic E-state index is 0.480. The molecule has 0 aromatic carbocycles. The Hall–Kier alpha value is -1.89. The molecule has 4 heteroatoms. The van der Waals surface area contributed by atoms with Crippen molar-refractivity contribution in [3.05, 3.63) is 30.2 Å². The van der Waals surface area contributed by atoms with Crippen LogP contribution in [-0.4, -0.2) is 16.5 Å². The zero-order valence-corrected chi connectivity index (χ0v) is 8.07. The highest BCUT2D eigenvalue weighted by Gasteiger charge is 2.00. The van der Waals surface area contributed by atoms with Crippen LogP contribution in [0, 0.1) is 11.3 Å². The van der Waals surface area contributed by atoms with Crippen molar-refractivity contribution in [3.8, 4) is 6.07 Å². The largest absolute Gasteiger partial charge is 0.369 e. The lowest BCUT2D eigenvalue weighted by atomic mass is 10.3. The predicted octanol–water partition coefficient (Wildman–Crippen LogP) is 1.73. The van der Waals surface area contributed by atoms with Crippen LogP contribution < -0.4 is 5.32 Å². The second-order valence-electron chi connectivity index (χ2n) is 2.68. The van der Waals surface area contributed by atoms with Crippen LogP contribution in [0.3, 0.4) is 0 Å². The summed E-state index contributed by atoms with van der Waals surface area (Å²) >= 11 is 0. The Bertz CT molecular complexity index is 351. The minimum Gasteiger partial charge on any atom is -0.369 e. The molecule has 1 heterocycles. The number of hydrogen-bond donors (Lipinski definition) is 1. The molecule has 72 valence electrons. The lowest BCUT2D eigenvalue weighted by Crippen LogP contribution is -2.04. The first-order chi connectivity index (χ1) is 6.88. The molecule has 0 saturated heterocycles. The van der Waals surface area contributed by atoms with Crippen LogP contribution in [0.2, 0.25) is 0 Å². The fourth-order valence-electron chi connectivity index (χ4n) is 0.993.